The van der Waals surface area contributed by atoms with E-state index in [2.05, 4.69) is 42.5 Å². The number of nitrogens with zero attached hydrogens (tertiary/aromatic N) is 1. The fourth-order valence-corrected chi connectivity index (χ4v) is 8.38. The van der Waals surface area contributed by atoms with E-state index in [1.165, 1.54) is 43.0 Å². The van der Waals surface area contributed by atoms with Gasteiger partial charge < -0.3 is 64.4 Å². The summed E-state index contributed by atoms with van der Waals surface area (Å²) in [5, 5.41) is 30.6. The summed E-state index contributed by atoms with van der Waals surface area (Å²) in [7, 11) is 0. The molecular formula is C38H57N11O11S2. The van der Waals surface area contributed by atoms with Gasteiger partial charge in [-0.1, -0.05) is 12.1 Å². The first-order valence-electron chi connectivity index (χ1n) is 19.9. The fourth-order valence-electron chi connectivity index (χ4n) is 6.65. The standard InChI is InChI=1S/C38H54N10O11S2.H3N/c1-20-32(53)46-26(34(55)41-15-29(39)50)16-60-18-30(51)40-12-4-3-6-24-38(59)48-13-5-7-28(48)37(58)43-21(2)33(54)47-27(17-61-19-31(52)44-24)36(57)45-25(35(56)42-20)14-22-8-10-23(49)11-9-22;/h8-11,20-21,24-28,49H,3-7,12-19H2,1-2H3,(H2,39,50)(H,40,51)(H,41,55)(H,42,56)(H,43,58)(H,44,52)(H,45,57)(H,46,53)(H,47,54);1H3/t20-,21+,24-,25+,26+,27-,28-;/m0./s1. The van der Waals surface area contributed by atoms with Crippen LogP contribution in [0, 0.1) is 0 Å². The largest absolute Gasteiger partial charge is 0.508 e. The van der Waals surface area contributed by atoms with Gasteiger partial charge in [0.05, 0.1) is 18.1 Å². The summed E-state index contributed by atoms with van der Waals surface area (Å²) in [5.74, 6) is -7.53. The van der Waals surface area contributed by atoms with E-state index in [0.717, 1.165) is 23.5 Å². The Morgan fingerprint density at radius 3 is 2.08 bits per heavy atom. The van der Waals surface area contributed by atoms with Crippen molar-refractivity contribution in [3.05, 3.63) is 29.8 Å². The Balaban J connectivity index is 0.0000102. The molecule has 2 bridgehead atoms. The number of phenolic OH excluding ortho intramolecular Hbond substituents is 1. The lowest BCUT2D eigenvalue weighted by Gasteiger charge is -2.29. The third-order valence-corrected chi connectivity index (χ3v) is 12.0. The van der Waals surface area contributed by atoms with Crippen LogP contribution < -0.4 is 54.4 Å². The maximum atomic E-state index is 14.0. The van der Waals surface area contributed by atoms with Crippen LogP contribution in [-0.4, -0.2) is 154 Å². The van der Waals surface area contributed by atoms with Gasteiger partial charge >= 0.3 is 0 Å². The minimum absolute atomic E-state index is 0. The van der Waals surface area contributed by atoms with Gasteiger partial charge in [-0.15, -0.1) is 23.5 Å². The van der Waals surface area contributed by atoms with E-state index in [9.17, 15) is 53.1 Å². The number of fused-ring (bicyclic) bond motifs is 7. The third kappa shape index (κ3) is 15.7. The number of carbonyl (C=O) groups excluding carboxylic acids is 10. The van der Waals surface area contributed by atoms with Gasteiger partial charge in [0.2, 0.25) is 59.1 Å². The molecule has 10 amide bonds. The number of nitrogens with one attached hydrogen (secondary N) is 8. The minimum Gasteiger partial charge on any atom is -0.508 e. The highest BCUT2D eigenvalue weighted by molar-refractivity contribution is 8.00. The number of nitrogens with two attached hydrogens (primary N) is 1. The monoisotopic (exact) mass is 907 g/mol. The van der Waals surface area contributed by atoms with Gasteiger partial charge in [-0.05, 0) is 63.6 Å². The molecule has 3 heterocycles. The second-order valence-electron chi connectivity index (χ2n) is 14.9. The van der Waals surface area contributed by atoms with Gasteiger partial charge in [-0.3, -0.25) is 47.9 Å². The van der Waals surface area contributed by atoms with Gasteiger partial charge in [-0.25, -0.2) is 0 Å². The average Bonchev–Trinajstić information content (AvgIpc) is 3.71. The van der Waals surface area contributed by atoms with E-state index in [-0.39, 0.29) is 66.7 Å². The molecule has 3 fully saturated rings. The predicted octanol–water partition coefficient (Wildman–Crippen LogP) is -3.58. The first-order chi connectivity index (χ1) is 29.0. The molecule has 0 spiro atoms. The number of hydrogen-bond acceptors (Lipinski definition) is 14. The Kier molecular flexibility index (Phi) is 20.2. The first kappa shape index (κ1) is 50.7. The van der Waals surface area contributed by atoms with E-state index in [1.807, 2.05) is 0 Å². The second-order valence-corrected chi connectivity index (χ2v) is 16.9. The number of thioether (sulfide) groups is 2. The first-order valence-corrected chi connectivity index (χ1v) is 22.2. The highest BCUT2D eigenvalue weighted by Crippen LogP contribution is 2.21. The maximum Gasteiger partial charge on any atom is 0.245 e. The average molecular weight is 908 g/mol. The van der Waals surface area contributed by atoms with Gasteiger partial charge in [0.1, 0.15) is 48.0 Å². The van der Waals surface area contributed by atoms with Crippen molar-refractivity contribution in [2.45, 2.75) is 94.7 Å². The number of carbonyl (C=O) groups is 10. The van der Waals surface area contributed by atoms with Crippen molar-refractivity contribution < 1.29 is 53.1 Å². The summed E-state index contributed by atoms with van der Waals surface area (Å²) < 4.78 is 0. The fraction of sp³-hybridized carbons (Fsp3) is 0.579. The molecule has 62 heavy (non-hydrogen) atoms. The van der Waals surface area contributed by atoms with Crippen LogP contribution >= 0.6 is 23.5 Å². The van der Waals surface area contributed by atoms with Crippen LogP contribution in [0.4, 0.5) is 0 Å². The van der Waals surface area contributed by atoms with Crippen molar-refractivity contribution in [3.8, 4) is 5.75 Å². The summed E-state index contributed by atoms with van der Waals surface area (Å²) >= 11 is 1.99. The van der Waals surface area contributed by atoms with Gasteiger partial charge in [0.25, 0.3) is 0 Å². The van der Waals surface area contributed by atoms with Crippen LogP contribution in [0.1, 0.15) is 51.5 Å². The number of benzene rings is 1. The Hall–Kier alpha value is -5.62. The van der Waals surface area contributed by atoms with Crippen LogP contribution in [0.2, 0.25) is 0 Å². The van der Waals surface area contributed by atoms with Crippen LogP contribution in [0.15, 0.2) is 24.3 Å². The molecule has 0 saturated carbocycles. The van der Waals surface area contributed by atoms with E-state index >= 15 is 0 Å². The molecule has 0 unspecified atom stereocenters. The molecule has 4 rings (SSSR count). The lowest BCUT2D eigenvalue weighted by atomic mass is 10.0. The molecule has 0 radical (unpaired) electrons. The van der Waals surface area contributed by atoms with Crippen molar-refractivity contribution in [3.63, 3.8) is 0 Å². The molecule has 1 aromatic carbocycles. The number of primary amides is 1. The summed E-state index contributed by atoms with van der Waals surface area (Å²) in [6.07, 6.45) is 1.66. The lowest BCUT2D eigenvalue weighted by molar-refractivity contribution is -0.142. The van der Waals surface area contributed by atoms with Crippen molar-refractivity contribution in [1.82, 2.24) is 53.6 Å². The van der Waals surface area contributed by atoms with E-state index in [4.69, 9.17) is 5.73 Å². The van der Waals surface area contributed by atoms with E-state index in [0.29, 0.717) is 31.2 Å². The molecule has 3 aliphatic rings. The quantitative estimate of drug-likeness (QED) is 0.136. The molecule has 3 aliphatic heterocycles. The highest BCUT2D eigenvalue weighted by Gasteiger charge is 2.39. The zero-order chi connectivity index (χ0) is 44.6. The molecule has 24 heteroatoms. The van der Waals surface area contributed by atoms with Gasteiger partial charge in [-0.2, -0.15) is 0 Å². The molecule has 1 aromatic rings. The summed E-state index contributed by atoms with van der Waals surface area (Å²) in [4.78, 5) is 134. The minimum atomic E-state index is -1.38. The SMILES string of the molecule is C[C@@H]1NC(=O)[C@@H](Cc2ccc(O)cc2)NC(=O)[C@@H]2CSCC(=O)N[C@@H](CCCCNC(=O)CSC[C@H](C(=O)NCC(N)=O)NC1=O)C(=O)N1CCC[C@H]1C(=O)N[C@H](C)C(=O)N2.N. The van der Waals surface area contributed by atoms with Crippen LogP contribution in [0.5, 0.6) is 5.75 Å². The lowest BCUT2D eigenvalue weighted by Crippen LogP contribution is -2.60. The Labute approximate surface area is 366 Å². The van der Waals surface area contributed by atoms with Crippen LogP contribution in [-0.2, 0) is 54.4 Å². The van der Waals surface area contributed by atoms with E-state index in [1.54, 1.807) is 0 Å². The van der Waals surface area contributed by atoms with Crippen molar-refractivity contribution in [2.75, 3.05) is 42.6 Å². The zero-order valence-corrected chi connectivity index (χ0v) is 36.3. The molecule has 342 valence electrons. The number of amides is 10. The highest BCUT2D eigenvalue weighted by atomic mass is 32.2. The van der Waals surface area contributed by atoms with Crippen molar-refractivity contribution in [1.29, 1.82) is 0 Å². The zero-order valence-electron chi connectivity index (χ0n) is 34.6. The smallest absolute Gasteiger partial charge is 0.245 e. The van der Waals surface area contributed by atoms with Crippen LogP contribution in [0.3, 0.4) is 0 Å². The van der Waals surface area contributed by atoms with Crippen LogP contribution in [0.25, 0.3) is 0 Å². The predicted molar refractivity (Wildman–Crippen MR) is 228 cm³/mol. The molecule has 22 nitrogen and oxygen atoms in total. The Morgan fingerprint density at radius 1 is 0.742 bits per heavy atom. The normalized spacial score (nSPS) is 26.9. The molecule has 3 saturated heterocycles. The van der Waals surface area contributed by atoms with E-state index < -0.39 is 102 Å². The number of hydrogen-bond donors (Lipinski definition) is 11. The Morgan fingerprint density at radius 2 is 1.39 bits per heavy atom. The Bertz CT molecular complexity index is 1820. The molecule has 0 aliphatic carbocycles. The summed E-state index contributed by atoms with van der Waals surface area (Å²) in [6, 6.07) is -2.63. The van der Waals surface area contributed by atoms with Gasteiger partial charge in [0.15, 0.2) is 0 Å². The third-order valence-electron chi connectivity index (χ3n) is 9.96. The second kappa shape index (κ2) is 24.7. The number of rotatable bonds is 5. The molecule has 7 atom stereocenters. The van der Waals surface area contributed by atoms with Crippen molar-refractivity contribution in [2.24, 2.45) is 5.73 Å². The summed E-state index contributed by atoms with van der Waals surface area (Å²) in [6.45, 7) is 2.69. The van der Waals surface area contributed by atoms with Crippen molar-refractivity contribution >= 4 is 82.6 Å². The molecular weight excluding hydrogens is 851 g/mol. The molecule has 14 N–H and O–H groups in total. The maximum absolute atomic E-state index is 14.0. The summed E-state index contributed by atoms with van der Waals surface area (Å²) in [5.41, 5.74) is 5.67. The topological polar surface area (TPSA) is 351 Å². The number of phenols is 1. The number of aromatic hydroxyl groups is 1. The molecule has 0 aromatic heterocycles. The van der Waals surface area contributed by atoms with Gasteiger partial charge in [0, 0.05) is 31.0 Å².